The Morgan fingerprint density at radius 1 is 1.29 bits per heavy atom. The molecule has 0 atom stereocenters. The van der Waals surface area contributed by atoms with Crippen molar-refractivity contribution in [3.63, 3.8) is 0 Å². The summed E-state index contributed by atoms with van der Waals surface area (Å²) in [4.78, 5) is 29.5. The Labute approximate surface area is 161 Å². The van der Waals surface area contributed by atoms with Gasteiger partial charge in [0.15, 0.2) is 0 Å². The van der Waals surface area contributed by atoms with Gasteiger partial charge in [-0.2, -0.15) is 0 Å². The van der Waals surface area contributed by atoms with Gasteiger partial charge in [-0.15, -0.1) is 0 Å². The number of fused-ring (bicyclic) bond motifs is 1. The maximum absolute atomic E-state index is 13.1. The molecule has 0 fully saturated rings. The zero-order chi connectivity index (χ0) is 20.1. The second-order valence-electron chi connectivity index (χ2n) is 6.10. The molecule has 0 spiro atoms. The van der Waals surface area contributed by atoms with Crippen molar-refractivity contribution < 1.29 is 14.6 Å². The minimum absolute atomic E-state index is 0.125. The number of carbonyl (C=O) groups excluding carboxylic acids is 1. The van der Waals surface area contributed by atoms with Crippen LogP contribution in [-0.2, 0) is 0 Å². The van der Waals surface area contributed by atoms with Crippen molar-refractivity contribution in [1.29, 1.82) is 0 Å². The monoisotopic (exact) mass is 379 g/mol. The molecule has 0 radical (unpaired) electrons. The molecule has 1 aromatic heterocycles. The summed E-state index contributed by atoms with van der Waals surface area (Å²) in [6.45, 7) is 5.77. The van der Waals surface area contributed by atoms with Gasteiger partial charge in [0.25, 0.3) is 11.5 Å². The summed E-state index contributed by atoms with van der Waals surface area (Å²) in [6.07, 6.45) is 1.63. The van der Waals surface area contributed by atoms with Crippen LogP contribution in [0.25, 0.3) is 16.6 Å². The first-order valence-corrected chi connectivity index (χ1v) is 8.81. The lowest BCUT2D eigenvalue weighted by Gasteiger charge is -2.12. The van der Waals surface area contributed by atoms with Gasteiger partial charge in [0.05, 0.1) is 23.2 Å². The maximum atomic E-state index is 13.1. The third-order valence-corrected chi connectivity index (χ3v) is 4.16. The molecule has 7 heteroatoms. The van der Waals surface area contributed by atoms with Crippen LogP contribution < -0.4 is 15.6 Å². The number of amides is 1. The maximum Gasteiger partial charge on any atom is 0.266 e. The van der Waals surface area contributed by atoms with E-state index in [4.69, 9.17) is 9.84 Å². The topological polar surface area (TPSA) is 93.5 Å². The van der Waals surface area contributed by atoms with Gasteiger partial charge in [0, 0.05) is 12.1 Å². The van der Waals surface area contributed by atoms with Gasteiger partial charge >= 0.3 is 0 Å². The van der Waals surface area contributed by atoms with E-state index in [1.54, 1.807) is 55.5 Å². The van der Waals surface area contributed by atoms with Crippen LogP contribution in [0.4, 0.5) is 0 Å². The van der Waals surface area contributed by atoms with Crippen LogP contribution in [0.1, 0.15) is 16.2 Å². The van der Waals surface area contributed by atoms with Crippen molar-refractivity contribution in [2.24, 2.45) is 0 Å². The number of hydrogen-bond donors (Lipinski definition) is 2. The number of aryl methyl sites for hydroxylation is 1. The normalized spacial score (nSPS) is 10.6. The van der Waals surface area contributed by atoms with Crippen molar-refractivity contribution in [1.82, 2.24) is 14.9 Å². The second kappa shape index (κ2) is 8.49. The van der Waals surface area contributed by atoms with Crippen LogP contribution >= 0.6 is 0 Å². The Kier molecular flexibility index (Phi) is 5.86. The Hall–Kier alpha value is -3.45. The standard InChI is InChI=1S/C21H21N3O4/c1-3-12-28-17-8-9-19-18(13-17)21(27)24(14(2)23-19)16-6-4-15(5-7-16)20(26)22-10-11-25/h3-9,13,25H,1,10-12H2,2H3,(H,22,26). The highest BCUT2D eigenvalue weighted by Crippen LogP contribution is 2.19. The molecule has 7 nitrogen and oxygen atoms in total. The Bertz CT molecular complexity index is 1070. The first-order chi connectivity index (χ1) is 13.5. The molecule has 0 bridgehead atoms. The zero-order valence-corrected chi connectivity index (χ0v) is 15.5. The van der Waals surface area contributed by atoms with Crippen LogP contribution in [0.15, 0.2) is 59.9 Å². The lowest BCUT2D eigenvalue weighted by molar-refractivity contribution is 0.0945. The molecule has 0 unspecified atom stereocenters. The van der Waals surface area contributed by atoms with E-state index in [0.29, 0.717) is 40.3 Å². The van der Waals surface area contributed by atoms with Gasteiger partial charge in [0.1, 0.15) is 18.2 Å². The number of aliphatic hydroxyl groups is 1. The summed E-state index contributed by atoms with van der Waals surface area (Å²) in [7, 11) is 0. The van der Waals surface area contributed by atoms with Gasteiger partial charge in [-0.3, -0.25) is 14.2 Å². The molecule has 2 aromatic carbocycles. The number of aliphatic hydroxyl groups excluding tert-OH is 1. The SMILES string of the molecule is C=CCOc1ccc2nc(C)n(-c3ccc(C(=O)NCCO)cc3)c(=O)c2c1. The highest BCUT2D eigenvalue weighted by atomic mass is 16.5. The molecule has 0 saturated carbocycles. The van der Waals surface area contributed by atoms with E-state index in [9.17, 15) is 9.59 Å². The number of aromatic nitrogens is 2. The molecule has 3 aromatic rings. The third kappa shape index (κ3) is 3.94. The number of hydrogen-bond acceptors (Lipinski definition) is 5. The molecule has 1 heterocycles. The Morgan fingerprint density at radius 2 is 2.04 bits per heavy atom. The second-order valence-corrected chi connectivity index (χ2v) is 6.10. The fourth-order valence-electron chi connectivity index (χ4n) is 2.86. The van der Waals surface area contributed by atoms with Crippen molar-refractivity contribution >= 4 is 16.8 Å². The summed E-state index contributed by atoms with van der Waals surface area (Å²) in [6, 6.07) is 11.8. The number of nitrogens with one attached hydrogen (secondary N) is 1. The van der Waals surface area contributed by atoms with E-state index in [1.807, 2.05) is 0 Å². The molecule has 144 valence electrons. The molecule has 1 amide bonds. The average molecular weight is 379 g/mol. The van der Waals surface area contributed by atoms with Crippen molar-refractivity contribution in [3.05, 3.63) is 76.9 Å². The van der Waals surface area contributed by atoms with E-state index in [-0.39, 0.29) is 24.6 Å². The van der Waals surface area contributed by atoms with E-state index >= 15 is 0 Å². The number of carbonyl (C=O) groups is 1. The van der Waals surface area contributed by atoms with Crippen LogP contribution in [-0.4, -0.2) is 40.3 Å². The molecular formula is C21H21N3O4. The average Bonchev–Trinajstić information content (AvgIpc) is 2.71. The zero-order valence-electron chi connectivity index (χ0n) is 15.5. The predicted molar refractivity (Wildman–Crippen MR) is 107 cm³/mol. The minimum Gasteiger partial charge on any atom is -0.490 e. The predicted octanol–water partition coefficient (Wildman–Crippen LogP) is 1.98. The van der Waals surface area contributed by atoms with Gasteiger partial charge in [-0.05, 0) is 49.4 Å². The van der Waals surface area contributed by atoms with Crippen LogP contribution in [0.3, 0.4) is 0 Å². The van der Waals surface area contributed by atoms with Gasteiger partial charge in [-0.1, -0.05) is 12.7 Å². The molecular weight excluding hydrogens is 358 g/mol. The quantitative estimate of drug-likeness (QED) is 0.613. The summed E-state index contributed by atoms with van der Waals surface area (Å²) in [5, 5.41) is 11.8. The van der Waals surface area contributed by atoms with Crippen molar-refractivity contribution in [2.75, 3.05) is 19.8 Å². The van der Waals surface area contributed by atoms with Gasteiger partial charge < -0.3 is 15.2 Å². The number of nitrogens with zero attached hydrogens (tertiary/aromatic N) is 2. The number of benzene rings is 2. The number of ether oxygens (including phenoxy) is 1. The third-order valence-electron chi connectivity index (χ3n) is 4.16. The minimum atomic E-state index is -0.287. The van der Waals surface area contributed by atoms with E-state index < -0.39 is 0 Å². The first kappa shape index (κ1) is 19.3. The Morgan fingerprint density at radius 3 is 2.71 bits per heavy atom. The molecule has 0 aliphatic carbocycles. The van der Waals surface area contributed by atoms with Crippen LogP contribution in [0, 0.1) is 6.92 Å². The smallest absolute Gasteiger partial charge is 0.266 e. The number of rotatable bonds is 7. The van der Waals surface area contributed by atoms with Gasteiger partial charge in [-0.25, -0.2) is 4.98 Å². The van der Waals surface area contributed by atoms with Crippen molar-refractivity contribution in [2.45, 2.75) is 6.92 Å². The fraction of sp³-hybridized carbons (Fsp3) is 0.190. The fourth-order valence-corrected chi connectivity index (χ4v) is 2.86. The van der Waals surface area contributed by atoms with Crippen molar-refractivity contribution in [3.8, 4) is 11.4 Å². The van der Waals surface area contributed by atoms with Gasteiger partial charge in [0.2, 0.25) is 0 Å². The summed E-state index contributed by atoms with van der Waals surface area (Å²) >= 11 is 0. The van der Waals surface area contributed by atoms with E-state index in [1.165, 1.54) is 4.57 Å². The molecule has 28 heavy (non-hydrogen) atoms. The lowest BCUT2D eigenvalue weighted by atomic mass is 10.1. The van der Waals surface area contributed by atoms with E-state index in [2.05, 4.69) is 16.9 Å². The molecule has 0 aliphatic heterocycles. The van der Waals surface area contributed by atoms with Crippen LogP contribution in [0.5, 0.6) is 5.75 Å². The van der Waals surface area contributed by atoms with Crippen LogP contribution in [0.2, 0.25) is 0 Å². The molecule has 3 rings (SSSR count). The summed E-state index contributed by atoms with van der Waals surface area (Å²) in [5.41, 5.74) is 1.42. The largest absolute Gasteiger partial charge is 0.490 e. The Balaban J connectivity index is 2.01. The molecule has 2 N–H and O–H groups in total. The molecule has 0 saturated heterocycles. The van der Waals surface area contributed by atoms with E-state index in [0.717, 1.165) is 0 Å². The summed E-state index contributed by atoms with van der Waals surface area (Å²) < 4.78 is 7.01. The summed E-state index contributed by atoms with van der Waals surface area (Å²) in [5.74, 6) is 0.817. The lowest BCUT2D eigenvalue weighted by Crippen LogP contribution is -2.26. The highest BCUT2D eigenvalue weighted by Gasteiger charge is 2.12. The highest BCUT2D eigenvalue weighted by molar-refractivity contribution is 5.94. The first-order valence-electron chi connectivity index (χ1n) is 8.81. The molecule has 0 aliphatic rings.